The first-order valence-electron chi connectivity index (χ1n) is 9.91. The molecule has 1 fully saturated rings. The van der Waals surface area contributed by atoms with Crippen molar-refractivity contribution in [2.24, 2.45) is 0 Å². The van der Waals surface area contributed by atoms with E-state index in [-0.39, 0.29) is 18.0 Å². The van der Waals surface area contributed by atoms with Gasteiger partial charge in [-0.05, 0) is 43.5 Å². The maximum Gasteiger partial charge on any atom is 0.241 e. The van der Waals surface area contributed by atoms with Crippen LogP contribution in [0.2, 0.25) is 5.02 Å². The van der Waals surface area contributed by atoms with E-state index in [0.29, 0.717) is 10.7 Å². The Balaban J connectivity index is 1.60. The van der Waals surface area contributed by atoms with E-state index in [2.05, 4.69) is 21.2 Å². The van der Waals surface area contributed by atoms with Gasteiger partial charge < -0.3 is 5.32 Å². The Kier molecular flexibility index (Phi) is 6.92. The van der Waals surface area contributed by atoms with E-state index < -0.39 is 0 Å². The molecular formula is C23H27ClN4O. The summed E-state index contributed by atoms with van der Waals surface area (Å²) < 4.78 is 0. The molecule has 152 valence electrons. The van der Waals surface area contributed by atoms with E-state index in [1.807, 2.05) is 63.2 Å². The normalized spacial score (nSPS) is 17.3. The van der Waals surface area contributed by atoms with E-state index >= 15 is 0 Å². The average Bonchev–Trinajstić information content (AvgIpc) is 2.72. The molecule has 2 unspecified atom stereocenters. The van der Waals surface area contributed by atoms with Crippen LogP contribution in [-0.4, -0.2) is 47.9 Å². The predicted molar refractivity (Wildman–Crippen MR) is 117 cm³/mol. The summed E-state index contributed by atoms with van der Waals surface area (Å²) in [4.78, 5) is 17.2. The molecule has 2 atom stereocenters. The number of hydrogen-bond donors (Lipinski definition) is 1. The number of benzene rings is 2. The number of nitriles is 1. The van der Waals surface area contributed by atoms with E-state index in [0.717, 1.165) is 42.9 Å². The number of aryl methyl sites for hydroxylation is 2. The Morgan fingerprint density at radius 1 is 1.10 bits per heavy atom. The van der Waals surface area contributed by atoms with Gasteiger partial charge in [0.2, 0.25) is 5.91 Å². The summed E-state index contributed by atoms with van der Waals surface area (Å²) in [6.07, 6.45) is 0. The number of carbonyl (C=O) groups excluding carboxylic acids is 1. The molecule has 1 aliphatic heterocycles. The van der Waals surface area contributed by atoms with Gasteiger partial charge in [-0.3, -0.25) is 14.6 Å². The molecule has 2 aromatic rings. The Hall–Kier alpha value is -2.39. The number of nitrogens with one attached hydrogen (secondary N) is 1. The number of rotatable bonds is 5. The highest BCUT2D eigenvalue weighted by atomic mass is 35.5. The van der Waals surface area contributed by atoms with Gasteiger partial charge in [-0.2, -0.15) is 5.26 Å². The second kappa shape index (κ2) is 9.41. The zero-order chi connectivity index (χ0) is 21.0. The van der Waals surface area contributed by atoms with Crippen molar-refractivity contribution in [2.45, 2.75) is 32.9 Å². The summed E-state index contributed by atoms with van der Waals surface area (Å²) >= 11 is 6.33. The van der Waals surface area contributed by atoms with Crippen molar-refractivity contribution in [3.8, 4) is 6.07 Å². The third-order valence-electron chi connectivity index (χ3n) is 5.56. The number of hydrogen-bond acceptors (Lipinski definition) is 4. The van der Waals surface area contributed by atoms with Crippen LogP contribution in [0.1, 0.15) is 29.7 Å². The molecule has 1 amide bonds. The molecule has 1 heterocycles. The number of amides is 1. The van der Waals surface area contributed by atoms with Crippen molar-refractivity contribution < 1.29 is 4.79 Å². The van der Waals surface area contributed by atoms with Gasteiger partial charge in [-0.25, -0.2) is 0 Å². The Bertz CT molecular complexity index is 878. The van der Waals surface area contributed by atoms with Crippen LogP contribution < -0.4 is 5.32 Å². The van der Waals surface area contributed by atoms with Crippen molar-refractivity contribution in [2.75, 3.05) is 31.5 Å². The molecule has 0 aromatic heterocycles. The van der Waals surface area contributed by atoms with Gasteiger partial charge in [-0.1, -0.05) is 48.0 Å². The molecule has 3 rings (SSSR count). The van der Waals surface area contributed by atoms with E-state index in [1.54, 1.807) is 0 Å². The Morgan fingerprint density at radius 2 is 1.72 bits per heavy atom. The molecule has 2 aromatic carbocycles. The molecule has 0 saturated carbocycles. The summed E-state index contributed by atoms with van der Waals surface area (Å²) in [5.41, 5.74) is 3.72. The minimum Gasteiger partial charge on any atom is -0.323 e. The number of halogens is 1. The van der Waals surface area contributed by atoms with Crippen LogP contribution in [0.4, 0.5) is 5.69 Å². The molecule has 5 nitrogen and oxygen atoms in total. The molecule has 6 heteroatoms. The fourth-order valence-electron chi connectivity index (χ4n) is 3.85. The summed E-state index contributed by atoms with van der Waals surface area (Å²) in [6, 6.07) is 15.6. The molecule has 0 bridgehead atoms. The summed E-state index contributed by atoms with van der Waals surface area (Å²) in [5, 5.41) is 13.2. The summed E-state index contributed by atoms with van der Waals surface area (Å²) in [6.45, 7) is 8.81. The highest BCUT2D eigenvalue weighted by molar-refractivity contribution is 6.34. The predicted octanol–water partition coefficient (Wildman–Crippen LogP) is 4.17. The van der Waals surface area contributed by atoms with Crippen molar-refractivity contribution in [1.82, 2.24) is 9.80 Å². The van der Waals surface area contributed by atoms with Crippen LogP contribution in [0.3, 0.4) is 0 Å². The molecule has 0 radical (unpaired) electrons. The quantitative estimate of drug-likeness (QED) is 0.803. The second-order valence-electron chi connectivity index (χ2n) is 7.62. The lowest BCUT2D eigenvalue weighted by Crippen LogP contribution is -2.53. The minimum absolute atomic E-state index is 0.0628. The highest BCUT2D eigenvalue weighted by Crippen LogP contribution is 2.28. The van der Waals surface area contributed by atoms with Gasteiger partial charge in [0.15, 0.2) is 0 Å². The topological polar surface area (TPSA) is 59.4 Å². The lowest BCUT2D eigenvalue weighted by atomic mass is 10.1. The highest BCUT2D eigenvalue weighted by Gasteiger charge is 2.29. The fourth-order valence-corrected chi connectivity index (χ4v) is 4.22. The van der Waals surface area contributed by atoms with Crippen molar-refractivity contribution in [3.63, 3.8) is 0 Å². The van der Waals surface area contributed by atoms with Gasteiger partial charge in [-0.15, -0.1) is 0 Å². The summed E-state index contributed by atoms with van der Waals surface area (Å²) in [5.74, 6) is -0.0628. The smallest absolute Gasteiger partial charge is 0.241 e. The first-order chi connectivity index (χ1) is 13.9. The summed E-state index contributed by atoms with van der Waals surface area (Å²) in [7, 11) is 0. The van der Waals surface area contributed by atoms with Crippen LogP contribution in [0, 0.1) is 25.2 Å². The SMILES string of the molecule is Cc1cc(C)c(NC(=O)C(C)N2CCN(C(C#N)c3ccccc3)CC2)c(Cl)c1. The lowest BCUT2D eigenvalue weighted by Gasteiger charge is -2.39. The Labute approximate surface area is 177 Å². The minimum atomic E-state index is -0.272. The van der Waals surface area contributed by atoms with Crippen LogP contribution in [0.15, 0.2) is 42.5 Å². The third kappa shape index (κ3) is 4.97. The van der Waals surface area contributed by atoms with E-state index in [9.17, 15) is 10.1 Å². The maximum absolute atomic E-state index is 12.8. The van der Waals surface area contributed by atoms with Gasteiger partial charge >= 0.3 is 0 Å². The number of anilines is 1. The van der Waals surface area contributed by atoms with Crippen LogP contribution in [0.5, 0.6) is 0 Å². The van der Waals surface area contributed by atoms with Gasteiger partial charge in [0.1, 0.15) is 6.04 Å². The van der Waals surface area contributed by atoms with Crippen LogP contribution in [-0.2, 0) is 4.79 Å². The largest absolute Gasteiger partial charge is 0.323 e. The first-order valence-corrected chi connectivity index (χ1v) is 10.3. The van der Waals surface area contributed by atoms with Crippen molar-refractivity contribution in [1.29, 1.82) is 5.26 Å². The monoisotopic (exact) mass is 410 g/mol. The van der Waals surface area contributed by atoms with Gasteiger partial charge in [0.25, 0.3) is 0 Å². The Morgan fingerprint density at radius 3 is 2.31 bits per heavy atom. The zero-order valence-corrected chi connectivity index (χ0v) is 17.9. The van der Waals surface area contributed by atoms with Gasteiger partial charge in [0, 0.05) is 26.2 Å². The number of piperazine rings is 1. The molecule has 1 aliphatic rings. The van der Waals surface area contributed by atoms with Crippen LogP contribution in [0.25, 0.3) is 0 Å². The third-order valence-corrected chi connectivity index (χ3v) is 5.86. The van der Waals surface area contributed by atoms with E-state index in [4.69, 9.17) is 11.6 Å². The van der Waals surface area contributed by atoms with Crippen molar-refractivity contribution >= 4 is 23.2 Å². The number of nitrogens with zero attached hydrogens (tertiary/aromatic N) is 3. The number of carbonyl (C=O) groups is 1. The molecule has 1 saturated heterocycles. The zero-order valence-electron chi connectivity index (χ0n) is 17.2. The average molecular weight is 411 g/mol. The first kappa shape index (κ1) is 21.3. The van der Waals surface area contributed by atoms with Crippen LogP contribution >= 0.6 is 11.6 Å². The fraction of sp³-hybridized carbons (Fsp3) is 0.391. The van der Waals surface area contributed by atoms with E-state index in [1.165, 1.54) is 0 Å². The lowest BCUT2D eigenvalue weighted by molar-refractivity contribution is -0.121. The van der Waals surface area contributed by atoms with Gasteiger partial charge in [0.05, 0.1) is 22.8 Å². The van der Waals surface area contributed by atoms with Crippen molar-refractivity contribution in [3.05, 3.63) is 64.2 Å². The molecule has 29 heavy (non-hydrogen) atoms. The molecular weight excluding hydrogens is 384 g/mol. The maximum atomic E-state index is 12.8. The standard InChI is InChI=1S/C23H27ClN4O/c1-16-13-17(2)22(20(24)14-16)26-23(29)18(3)27-9-11-28(12-10-27)21(15-25)19-7-5-4-6-8-19/h4-8,13-14,18,21H,9-12H2,1-3H3,(H,26,29). The second-order valence-corrected chi connectivity index (χ2v) is 8.03. The molecule has 0 spiro atoms. The molecule has 0 aliphatic carbocycles. The molecule has 1 N–H and O–H groups in total.